The van der Waals surface area contributed by atoms with Crippen LogP contribution in [0, 0.1) is 0 Å². The molecule has 2 aromatic carbocycles. The molecule has 2 unspecified atom stereocenters. The van der Waals surface area contributed by atoms with Crippen molar-refractivity contribution in [1.82, 2.24) is 0 Å². The zero-order valence-electron chi connectivity index (χ0n) is 21.3. The Kier molecular flexibility index (Phi) is 12.7. The number of ether oxygens (including phenoxy) is 5. The SMILES string of the molecule is COc1cccc(CC(CCCOC(C)=O)OC(CCCOC(C)=O)Cc2cccc(OC)c2)c1. The van der Waals surface area contributed by atoms with E-state index in [9.17, 15) is 9.59 Å². The predicted molar refractivity (Wildman–Crippen MR) is 134 cm³/mol. The Bertz CT molecular complexity index is 838. The first-order chi connectivity index (χ1) is 16.9. The maximum atomic E-state index is 11.2. The van der Waals surface area contributed by atoms with E-state index in [0.29, 0.717) is 38.9 Å². The van der Waals surface area contributed by atoms with E-state index in [1.54, 1.807) is 14.2 Å². The third-order valence-corrected chi connectivity index (χ3v) is 5.53. The van der Waals surface area contributed by atoms with Crippen molar-refractivity contribution in [3.8, 4) is 11.5 Å². The summed E-state index contributed by atoms with van der Waals surface area (Å²) in [5.41, 5.74) is 2.23. The normalized spacial score (nSPS) is 12.5. The lowest BCUT2D eigenvalue weighted by Gasteiger charge is -2.26. The Morgan fingerprint density at radius 1 is 0.714 bits per heavy atom. The monoisotopic (exact) mass is 486 g/mol. The van der Waals surface area contributed by atoms with E-state index in [1.807, 2.05) is 36.4 Å². The van der Waals surface area contributed by atoms with Crippen molar-refractivity contribution in [2.75, 3.05) is 27.4 Å². The predicted octanol–water partition coefficient (Wildman–Crippen LogP) is 4.93. The summed E-state index contributed by atoms with van der Waals surface area (Å²) < 4.78 is 27.7. The van der Waals surface area contributed by atoms with Gasteiger partial charge in [0.05, 0.1) is 39.6 Å². The van der Waals surface area contributed by atoms with Gasteiger partial charge in [-0.15, -0.1) is 0 Å². The van der Waals surface area contributed by atoms with E-state index >= 15 is 0 Å². The molecule has 7 nitrogen and oxygen atoms in total. The number of esters is 2. The molecule has 0 spiro atoms. The van der Waals surface area contributed by atoms with Crippen molar-refractivity contribution in [2.45, 2.75) is 64.6 Å². The lowest BCUT2D eigenvalue weighted by atomic mass is 10.0. The molecule has 2 atom stereocenters. The van der Waals surface area contributed by atoms with Crippen LogP contribution in [0.15, 0.2) is 48.5 Å². The van der Waals surface area contributed by atoms with Gasteiger partial charge in [-0.3, -0.25) is 9.59 Å². The summed E-state index contributed by atoms with van der Waals surface area (Å²) in [7, 11) is 3.30. The van der Waals surface area contributed by atoms with Crippen LogP contribution in [0.2, 0.25) is 0 Å². The number of carbonyl (C=O) groups excluding carboxylic acids is 2. The van der Waals surface area contributed by atoms with Crippen LogP contribution in [0.4, 0.5) is 0 Å². The summed E-state index contributed by atoms with van der Waals surface area (Å²) in [5.74, 6) is 1.04. The van der Waals surface area contributed by atoms with Crippen LogP contribution in [0.25, 0.3) is 0 Å². The van der Waals surface area contributed by atoms with Gasteiger partial charge in [-0.1, -0.05) is 24.3 Å². The zero-order valence-corrected chi connectivity index (χ0v) is 21.3. The second-order valence-electron chi connectivity index (χ2n) is 8.46. The summed E-state index contributed by atoms with van der Waals surface area (Å²) in [4.78, 5) is 22.3. The lowest BCUT2D eigenvalue weighted by molar-refractivity contribution is -0.142. The van der Waals surface area contributed by atoms with E-state index in [2.05, 4.69) is 12.1 Å². The van der Waals surface area contributed by atoms with Gasteiger partial charge in [0.1, 0.15) is 11.5 Å². The third-order valence-electron chi connectivity index (χ3n) is 5.53. The van der Waals surface area contributed by atoms with Crippen LogP contribution in [-0.4, -0.2) is 51.6 Å². The first-order valence-electron chi connectivity index (χ1n) is 12.1. The van der Waals surface area contributed by atoms with Crippen molar-refractivity contribution in [3.63, 3.8) is 0 Å². The fraction of sp³-hybridized carbons (Fsp3) is 0.500. The molecule has 2 aromatic rings. The quantitative estimate of drug-likeness (QED) is 0.246. The van der Waals surface area contributed by atoms with E-state index in [1.165, 1.54) is 13.8 Å². The number of rotatable bonds is 16. The summed E-state index contributed by atoms with van der Waals surface area (Å²) >= 11 is 0. The van der Waals surface area contributed by atoms with Crippen molar-refractivity contribution < 1.29 is 33.3 Å². The molecule has 192 valence electrons. The fourth-order valence-electron chi connectivity index (χ4n) is 3.89. The number of hydrogen-bond acceptors (Lipinski definition) is 7. The zero-order chi connectivity index (χ0) is 25.5. The van der Waals surface area contributed by atoms with Gasteiger partial charge in [0.25, 0.3) is 0 Å². The summed E-state index contributed by atoms with van der Waals surface area (Å²) in [6.07, 6.45) is 4.13. The Hall–Kier alpha value is -3.06. The molecule has 0 saturated heterocycles. The van der Waals surface area contributed by atoms with Crippen molar-refractivity contribution >= 4 is 11.9 Å². The molecule has 0 amide bonds. The van der Waals surface area contributed by atoms with Crippen molar-refractivity contribution in [1.29, 1.82) is 0 Å². The molecule has 7 heteroatoms. The molecular weight excluding hydrogens is 448 g/mol. The standard InChI is InChI=1S/C28H38O7/c1-21(29)33-15-7-13-27(19-23-9-5-11-25(17-23)31-3)35-28(14-8-16-34-22(2)30)20-24-10-6-12-26(18-24)32-4/h5-6,9-12,17-18,27-28H,7-8,13-16,19-20H2,1-4H3. The number of methoxy groups -OCH3 is 2. The van der Waals surface area contributed by atoms with Crippen LogP contribution in [0.1, 0.15) is 50.7 Å². The van der Waals surface area contributed by atoms with E-state index in [-0.39, 0.29) is 24.1 Å². The Morgan fingerprint density at radius 2 is 1.14 bits per heavy atom. The van der Waals surface area contributed by atoms with Crippen LogP contribution >= 0.6 is 0 Å². The highest BCUT2D eigenvalue weighted by Crippen LogP contribution is 2.22. The maximum absolute atomic E-state index is 11.2. The van der Waals surface area contributed by atoms with Crippen LogP contribution in [-0.2, 0) is 36.6 Å². The summed E-state index contributed by atoms with van der Waals surface area (Å²) in [5, 5.41) is 0. The molecule has 0 N–H and O–H groups in total. The molecule has 2 rings (SSSR count). The highest BCUT2D eigenvalue weighted by atomic mass is 16.5. The molecule has 0 saturated carbocycles. The molecule has 0 aliphatic carbocycles. The van der Waals surface area contributed by atoms with E-state index in [4.69, 9.17) is 23.7 Å². The van der Waals surface area contributed by atoms with E-state index < -0.39 is 0 Å². The van der Waals surface area contributed by atoms with Crippen molar-refractivity contribution in [3.05, 3.63) is 59.7 Å². The second-order valence-corrected chi connectivity index (χ2v) is 8.46. The van der Waals surface area contributed by atoms with Gasteiger partial charge < -0.3 is 23.7 Å². The summed E-state index contributed by atoms with van der Waals surface area (Å²) in [6.45, 7) is 3.55. The first-order valence-corrected chi connectivity index (χ1v) is 12.1. The van der Waals surface area contributed by atoms with Gasteiger partial charge in [0, 0.05) is 13.8 Å². The van der Waals surface area contributed by atoms with Gasteiger partial charge in [0.15, 0.2) is 0 Å². The minimum Gasteiger partial charge on any atom is -0.497 e. The highest BCUT2D eigenvalue weighted by Gasteiger charge is 2.19. The molecule has 0 heterocycles. The fourth-order valence-corrected chi connectivity index (χ4v) is 3.89. The third kappa shape index (κ3) is 11.8. The molecule has 0 aromatic heterocycles. The molecule has 0 bridgehead atoms. The van der Waals surface area contributed by atoms with Crippen molar-refractivity contribution in [2.24, 2.45) is 0 Å². The maximum Gasteiger partial charge on any atom is 0.302 e. The van der Waals surface area contributed by atoms with Gasteiger partial charge >= 0.3 is 11.9 Å². The Balaban J connectivity index is 2.13. The molecule has 0 aliphatic heterocycles. The van der Waals surface area contributed by atoms with Crippen LogP contribution < -0.4 is 9.47 Å². The second kappa shape index (κ2) is 15.8. The van der Waals surface area contributed by atoms with Crippen LogP contribution in [0.5, 0.6) is 11.5 Å². The first kappa shape index (κ1) is 28.2. The smallest absolute Gasteiger partial charge is 0.302 e. The lowest BCUT2D eigenvalue weighted by Crippen LogP contribution is -2.27. The molecule has 0 radical (unpaired) electrons. The van der Waals surface area contributed by atoms with Gasteiger partial charge in [-0.25, -0.2) is 0 Å². The van der Waals surface area contributed by atoms with Gasteiger partial charge in [-0.05, 0) is 73.9 Å². The Morgan fingerprint density at radius 3 is 1.51 bits per heavy atom. The molecule has 0 fully saturated rings. The molecule has 0 aliphatic rings. The number of benzene rings is 2. The van der Waals surface area contributed by atoms with Gasteiger partial charge in [0.2, 0.25) is 0 Å². The topological polar surface area (TPSA) is 80.3 Å². The van der Waals surface area contributed by atoms with E-state index in [0.717, 1.165) is 35.5 Å². The van der Waals surface area contributed by atoms with Gasteiger partial charge in [-0.2, -0.15) is 0 Å². The number of carbonyl (C=O) groups is 2. The number of hydrogen-bond donors (Lipinski definition) is 0. The average molecular weight is 487 g/mol. The molecular formula is C28H38O7. The minimum atomic E-state index is -0.281. The van der Waals surface area contributed by atoms with Crippen LogP contribution in [0.3, 0.4) is 0 Å². The summed E-state index contributed by atoms with van der Waals surface area (Å²) in [6, 6.07) is 15.9. The minimum absolute atomic E-state index is 0.0815. The average Bonchev–Trinajstić information content (AvgIpc) is 2.84. The highest BCUT2D eigenvalue weighted by molar-refractivity contribution is 5.66. The molecule has 35 heavy (non-hydrogen) atoms. The largest absolute Gasteiger partial charge is 0.497 e. The Labute approximate surface area is 208 Å².